The van der Waals surface area contributed by atoms with Gasteiger partial charge in [0.2, 0.25) is 5.82 Å². The Morgan fingerprint density at radius 2 is 1.76 bits per heavy atom. The molecule has 0 saturated carbocycles. The van der Waals surface area contributed by atoms with Crippen molar-refractivity contribution in [2.75, 3.05) is 0 Å². The maximum absolute atomic E-state index is 12.8. The maximum atomic E-state index is 12.8. The fraction of sp³-hybridized carbons (Fsp3) is 0.278. The predicted molar refractivity (Wildman–Crippen MR) is 87.9 cm³/mol. The second-order valence-electron chi connectivity index (χ2n) is 6.12. The van der Waals surface area contributed by atoms with E-state index >= 15 is 0 Å². The van der Waals surface area contributed by atoms with Crippen molar-refractivity contribution in [3.8, 4) is 11.4 Å². The summed E-state index contributed by atoms with van der Waals surface area (Å²) in [6, 6.07) is 13.0. The van der Waals surface area contributed by atoms with Crippen LogP contribution in [0.1, 0.15) is 36.5 Å². The lowest BCUT2D eigenvalue weighted by Gasteiger charge is -2.07. The van der Waals surface area contributed by atoms with Gasteiger partial charge in [-0.3, -0.25) is 0 Å². The molecule has 0 aliphatic carbocycles. The molecule has 0 aliphatic heterocycles. The van der Waals surface area contributed by atoms with Crippen molar-refractivity contribution in [3.63, 3.8) is 0 Å². The molecule has 0 aliphatic rings. The highest BCUT2D eigenvalue weighted by molar-refractivity contribution is 5.55. The van der Waals surface area contributed by atoms with Crippen LogP contribution < -0.4 is 0 Å². The van der Waals surface area contributed by atoms with Crippen molar-refractivity contribution in [1.29, 1.82) is 0 Å². The summed E-state index contributed by atoms with van der Waals surface area (Å²) in [6.45, 7) is 4.65. The van der Waals surface area contributed by atoms with Crippen LogP contribution in [0.15, 0.2) is 48.5 Å². The van der Waals surface area contributed by atoms with Crippen LogP contribution in [0, 0.1) is 0 Å². The van der Waals surface area contributed by atoms with Gasteiger partial charge in [0.05, 0.1) is 12.1 Å². The largest absolute Gasteiger partial charge is 0.416 e. The minimum absolute atomic E-state index is 0.171. The van der Waals surface area contributed by atoms with E-state index in [1.54, 1.807) is 0 Å². The molecule has 2 aromatic carbocycles. The zero-order valence-electron chi connectivity index (χ0n) is 13.8. The van der Waals surface area contributed by atoms with Gasteiger partial charge in [0.1, 0.15) is 0 Å². The summed E-state index contributed by atoms with van der Waals surface area (Å²) >= 11 is 0. The Kier molecular flexibility index (Phi) is 4.57. The third-order valence-electron chi connectivity index (χ3n) is 3.87. The molecular formula is C18H17F3N4. The van der Waals surface area contributed by atoms with Crippen molar-refractivity contribution >= 4 is 0 Å². The van der Waals surface area contributed by atoms with Crippen LogP contribution in [-0.2, 0) is 12.7 Å². The number of nitrogens with zero attached hydrogens (tertiary/aromatic N) is 4. The van der Waals surface area contributed by atoms with Gasteiger partial charge in [-0.2, -0.15) is 18.0 Å². The Morgan fingerprint density at radius 3 is 2.40 bits per heavy atom. The summed E-state index contributed by atoms with van der Waals surface area (Å²) in [5, 5.41) is 12.0. The molecule has 0 N–H and O–H groups in total. The Hall–Kier alpha value is -2.70. The van der Waals surface area contributed by atoms with E-state index in [0.29, 0.717) is 12.5 Å². The van der Waals surface area contributed by atoms with Crippen LogP contribution in [-0.4, -0.2) is 20.2 Å². The smallest absolute Gasteiger partial charge is 0.166 e. The SMILES string of the molecule is CC(C)c1ccc(Cn2nnc(-c3cccc(C(F)(F)F)c3)n2)cc1. The first-order chi connectivity index (χ1) is 11.8. The quantitative estimate of drug-likeness (QED) is 0.697. The fourth-order valence-electron chi connectivity index (χ4n) is 2.43. The average molecular weight is 346 g/mol. The highest BCUT2D eigenvalue weighted by Crippen LogP contribution is 2.31. The normalized spacial score (nSPS) is 11.9. The first kappa shape index (κ1) is 17.1. The third-order valence-corrected chi connectivity index (χ3v) is 3.87. The van der Waals surface area contributed by atoms with Crippen LogP contribution in [0.4, 0.5) is 13.2 Å². The number of halogens is 3. The zero-order valence-corrected chi connectivity index (χ0v) is 13.8. The number of alkyl halides is 3. The molecule has 0 spiro atoms. The van der Waals surface area contributed by atoms with Crippen LogP contribution in [0.3, 0.4) is 0 Å². The van der Waals surface area contributed by atoms with E-state index in [0.717, 1.165) is 17.7 Å². The lowest BCUT2D eigenvalue weighted by Crippen LogP contribution is -2.05. The highest BCUT2D eigenvalue weighted by atomic mass is 19.4. The summed E-state index contributed by atoms with van der Waals surface area (Å²) in [6.07, 6.45) is -4.40. The molecule has 0 unspecified atom stereocenters. The molecule has 0 fully saturated rings. The summed E-state index contributed by atoms with van der Waals surface area (Å²) in [5.74, 6) is 0.621. The van der Waals surface area contributed by atoms with Crippen LogP contribution in [0.5, 0.6) is 0 Å². The summed E-state index contributed by atoms with van der Waals surface area (Å²) < 4.78 is 38.4. The van der Waals surface area contributed by atoms with Gasteiger partial charge in [-0.05, 0) is 34.4 Å². The number of hydrogen-bond donors (Lipinski definition) is 0. The van der Waals surface area contributed by atoms with E-state index in [1.807, 2.05) is 24.3 Å². The second kappa shape index (κ2) is 6.66. The number of aromatic nitrogens is 4. The van der Waals surface area contributed by atoms with Crippen molar-refractivity contribution in [1.82, 2.24) is 20.2 Å². The van der Waals surface area contributed by atoms with Crippen LogP contribution >= 0.6 is 0 Å². The molecule has 1 heterocycles. The Morgan fingerprint density at radius 1 is 1.04 bits per heavy atom. The first-order valence-electron chi connectivity index (χ1n) is 7.87. The standard InChI is InChI=1S/C18H17F3N4/c1-12(2)14-8-6-13(7-9-14)11-25-23-17(22-24-25)15-4-3-5-16(10-15)18(19,20)21/h3-10,12H,11H2,1-2H3. The minimum Gasteiger partial charge on any atom is -0.166 e. The van der Waals surface area contributed by atoms with Gasteiger partial charge in [0.15, 0.2) is 0 Å². The third kappa shape index (κ3) is 4.04. The van der Waals surface area contributed by atoms with Gasteiger partial charge in [-0.15, -0.1) is 10.2 Å². The van der Waals surface area contributed by atoms with Crippen LogP contribution in [0.2, 0.25) is 0 Å². The Labute approximate surface area is 143 Å². The number of benzene rings is 2. The zero-order chi connectivity index (χ0) is 18.0. The Balaban J connectivity index is 1.78. The van der Waals surface area contributed by atoms with E-state index in [-0.39, 0.29) is 11.4 Å². The molecule has 25 heavy (non-hydrogen) atoms. The van der Waals surface area contributed by atoms with Gasteiger partial charge in [0, 0.05) is 5.56 Å². The van der Waals surface area contributed by atoms with Crippen LogP contribution in [0.25, 0.3) is 11.4 Å². The first-order valence-corrected chi connectivity index (χ1v) is 7.87. The van der Waals surface area contributed by atoms with Gasteiger partial charge in [-0.25, -0.2) is 0 Å². The molecule has 0 amide bonds. The summed E-state index contributed by atoms with van der Waals surface area (Å²) in [7, 11) is 0. The molecule has 0 saturated heterocycles. The van der Waals surface area contributed by atoms with E-state index in [1.165, 1.54) is 22.5 Å². The van der Waals surface area contributed by atoms with Gasteiger partial charge >= 0.3 is 6.18 Å². The van der Waals surface area contributed by atoms with Crippen molar-refractivity contribution in [3.05, 3.63) is 65.2 Å². The molecule has 7 heteroatoms. The van der Waals surface area contributed by atoms with E-state index < -0.39 is 11.7 Å². The molecular weight excluding hydrogens is 329 g/mol. The fourth-order valence-corrected chi connectivity index (χ4v) is 2.43. The van der Waals surface area contributed by atoms with Crippen molar-refractivity contribution in [2.24, 2.45) is 0 Å². The van der Waals surface area contributed by atoms with E-state index in [9.17, 15) is 13.2 Å². The monoisotopic (exact) mass is 346 g/mol. The highest BCUT2D eigenvalue weighted by Gasteiger charge is 2.30. The average Bonchev–Trinajstić information content (AvgIpc) is 3.03. The molecule has 4 nitrogen and oxygen atoms in total. The predicted octanol–water partition coefficient (Wildman–Crippen LogP) is 4.53. The van der Waals surface area contributed by atoms with Gasteiger partial charge < -0.3 is 0 Å². The molecule has 130 valence electrons. The number of hydrogen-bond acceptors (Lipinski definition) is 3. The molecule has 0 atom stereocenters. The lowest BCUT2D eigenvalue weighted by atomic mass is 10.0. The van der Waals surface area contributed by atoms with Gasteiger partial charge in [-0.1, -0.05) is 50.2 Å². The molecule has 1 aromatic heterocycles. The summed E-state index contributed by atoms with van der Waals surface area (Å²) in [4.78, 5) is 1.37. The maximum Gasteiger partial charge on any atom is 0.416 e. The second-order valence-corrected chi connectivity index (χ2v) is 6.12. The topological polar surface area (TPSA) is 43.6 Å². The van der Waals surface area contributed by atoms with E-state index in [4.69, 9.17) is 0 Å². The van der Waals surface area contributed by atoms with E-state index in [2.05, 4.69) is 29.3 Å². The number of rotatable bonds is 4. The van der Waals surface area contributed by atoms with Crippen molar-refractivity contribution in [2.45, 2.75) is 32.5 Å². The van der Waals surface area contributed by atoms with Gasteiger partial charge in [0.25, 0.3) is 0 Å². The molecule has 3 rings (SSSR count). The summed E-state index contributed by atoms with van der Waals surface area (Å²) in [5.41, 5.74) is 1.79. The minimum atomic E-state index is -4.40. The number of tetrazole rings is 1. The lowest BCUT2D eigenvalue weighted by molar-refractivity contribution is -0.137. The Bertz CT molecular complexity index is 851. The molecule has 0 radical (unpaired) electrons. The molecule has 0 bridgehead atoms. The van der Waals surface area contributed by atoms with Crippen molar-refractivity contribution < 1.29 is 13.2 Å². The molecule has 3 aromatic rings.